The second-order valence-electron chi connectivity index (χ2n) is 5.69. The molecule has 0 saturated carbocycles. The lowest BCUT2D eigenvalue weighted by Crippen LogP contribution is -2.42. The molecule has 0 spiro atoms. The Balaban J connectivity index is 2.44. The molecule has 0 saturated heterocycles. The van der Waals surface area contributed by atoms with Crippen LogP contribution in [0, 0.1) is 10.1 Å². The number of hydrogen-bond acceptors (Lipinski definition) is 6. The molecule has 0 aliphatic heterocycles. The van der Waals surface area contributed by atoms with Gasteiger partial charge in [0.15, 0.2) is 0 Å². The normalized spacial score (nSPS) is 12.8. The first-order valence-corrected chi connectivity index (χ1v) is 6.54. The monoisotopic (exact) mass is 296 g/mol. The number of nitro benzene ring substituents is 1. The average molecular weight is 296 g/mol. The van der Waals surface area contributed by atoms with Crippen LogP contribution in [0.5, 0.6) is 0 Å². The number of carbonyl (C=O) groups excluding carboxylic acids is 1. The average Bonchev–Trinajstić information content (AvgIpc) is 2.41. The standard InChI is InChI=1S/C14H20N2O5/c1-14(2,3)15-8-12(17)9-21-13(18)10-4-6-11(7-5-10)16(19)20/h4-7,12,15,17H,8-9H2,1-3H3/t12-/m1/s1. The van der Waals surface area contributed by atoms with Crippen molar-refractivity contribution < 1.29 is 19.6 Å². The fraction of sp³-hybridized carbons (Fsp3) is 0.500. The highest BCUT2D eigenvalue weighted by molar-refractivity contribution is 5.89. The molecule has 0 aromatic heterocycles. The van der Waals surface area contributed by atoms with E-state index < -0.39 is 17.0 Å². The number of hydrogen-bond donors (Lipinski definition) is 2. The number of aliphatic hydroxyl groups is 1. The predicted octanol–water partition coefficient (Wildman–Crippen LogP) is 1.50. The minimum Gasteiger partial charge on any atom is -0.459 e. The largest absolute Gasteiger partial charge is 0.459 e. The number of β-amino-alcohol motifs (C(OH)–C–C–N with tert-alkyl or cyclic N) is 1. The Morgan fingerprint density at radius 2 is 1.95 bits per heavy atom. The molecule has 1 atom stereocenters. The molecule has 0 amide bonds. The van der Waals surface area contributed by atoms with Gasteiger partial charge in [-0.1, -0.05) is 0 Å². The van der Waals surface area contributed by atoms with E-state index in [1.165, 1.54) is 24.3 Å². The Morgan fingerprint density at radius 3 is 2.43 bits per heavy atom. The van der Waals surface area contributed by atoms with Crippen LogP contribution in [-0.4, -0.2) is 40.8 Å². The zero-order chi connectivity index (χ0) is 16.0. The second-order valence-corrected chi connectivity index (χ2v) is 5.69. The Labute approximate surface area is 123 Å². The van der Waals surface area contributed by atoms with E-state index >= 15 is 0 Å². The van der Waals surface area contributed by atoms with Crippen LogP contribution < -0.4 is 5.32 Å². The fourth-order valence-corrected chi connectivity index (χ4v) is 1.46. The third-order valence-corrected chi connectivity index (χ3v) is 2.59. The number of nitro groups is 1. The number of ether oxygens (including phenoxy) is 1. The lowest BCUT2D eigenvalue weighted by molar-refractivity contribution is -0.384. The van der Waals surface area contributed by atoms with E-state index in [-0.39, 0.29) is 23.4 Å². The predicted molar refractivity (Wildman–Crippen MR) is 77.1 cm³/mol. The Morgan fingerprint density at radius 1 is 1.38 bits per heavy atom. The van der Waals surface area contributed by atoms with E-state index in [0.29, 0.717) is 6.54 Å². The summed E-state index contributed by atoms with van der Waals surface area (Å²) in [6.07, 6.45) is -0.814. The molecule has 0 unspecified atom stereocenters. The van der Waals surface area contributed by atoms with Gasteiger partial charge in [0.2, 0.25) is 0 Å². The third-order valence-electron chi connectivity index (χ3n) is 2.59. The molecule has 0 aliphatic rings. The molecule has 1 aromatic carbocycles. The van der Waals surface area contributed by atoms with Gasteiger partial charge in [-0.15, -0.1) is 0 Å². The highest BCUT2D eigenvalue weighted by Gasteiger charge is 2.15. The van der Waals surface area contributed by atoms with E-state index in [1.807, 2.05) is 20.8 Å². The molecule has 7 heteroatoms. The van der Waals surface area contributed by atoms with Crippen LogP contribution in [0.3, 0.4) is 0 Å². The van der Waals surface area contributed by atoms with Gasteiger partial charge in [0.05, 0.1) is 10.5 Å². The minimum absolute atomic E-state index is 0.0963. The molecule has 116 valence electrons. The minimum atomic E-state index is -0.814. The first kappa shape index (κ1) is 17.1. The summed E-state index contributed by atoms with van der Waals surface area (Å²) >= 11 is 0. The molecule has 0 aliphatic carbocycles. The van der Waals surface area contributed by atoms with E-state index in [2.05, 4.69) is 5.32 Å². The highest BCUT2D eigenvalue weighted by Crippen LogP contribution is 2.12. The molecule has 2 N–H and O–H groups in total. The number of carbonyl (C=O) groups is 1. The maximum absolute atomic E-state index is 11.7. The lowest BCUT2D eigenvalue weighted by Gasteiger charge is -2.22. The van der Waals surface area contributed by atoms with Crippen LogP contribution in [0.15, 0.2) is 24.3 Å². The van der Waals surface area contributed by atoms with Crippen molar-refractivity contribution in [2.24, 2.45) is 0 Å². The number of nitrogens with one attached hydrogen (secondary N) is 1. The topological polar surface area (TPSA) is 102 Å². The maximum Gasteiger partial charge on any atom is 0.338 e. The number of non-ortho nitro benzene ring substituents is 1. The summed E-state index contributed by atoms with van der Waals surface area (Å²) in [5, 5.41) is 23.3. The zero-order valence-corrected chi connectivity index (χ0v) is 12.3. The molecular weight excluding hydrogens is 276 g/mol. The van der Waals surface area contributed by atoms with Gasteiger partial charge in [-0.05, 0) is 32.9 Å². The van der Waals surface area contributed by atoms with Crippen molar-refractivity contribution in [3.8, 4) is 0 Å². The van der Waals surface area contributed by atoms with Crippen LogP contribution in [0.25, 0.3) is 0 Å². The van der Waals surface area contributed by atoms with Gasteiger partial charge in [-0.25, -0.2) is 4.79 Å². The van der Waals surface area contributed by atoms with Crippen LogP contribution in [0.2, 0.25) is 0 Å². The summed E-state index contributed by atoms with van der Waals surface area (Å²) in [5.41, 5.74) is -0.0267. The molecule has 7 nitrogen and oxygen atoms in total. The van der Waals surface area contributed by atoms with Crippen molar-refractivity contribution in [3.05, 3.63) is 39.9 Å². The van der Waals surface area contributed by atoms with Crippen LogP contribution in [0.4, 0.5) is 5.69 Å². The number of rotatable bonds is 6. The molecule has 0 fully saturated rings. The summed E-state index contributed by atoms with van der Waals surface area (Å²) in [6, 6.07) is 5.10. The van der Waals surface area contributed by atoms with E-state index in [9.17, 15) is 20.0 Å². The zero-order valence-electron chi connectivity index (χ0n) is 12.3. The first-order valence-electron chi connectivity index (χ1n) is 6.54. The van der Waals surface area contributed by atoms with Gasteiger partial charge < -0.3 is 15.2 Å². The van der Waals surface area contributed by atoms with Gasteiger partial charge in [-0.2, -0.15) is 0 Å². The molecule has 21 heavy (non-hydrogen) atoms. The van der Waals surface area contributed by atoms with Crippen LogP contribution in [0.1, 0.15) is 31.1 Å². The summed E-state index contributed by atoms with van der Waals surface area (Å²) in [5.74, 6) is -0.625. The number of aliphatic hydroxyl groups excluding tert-OH is 1. The third kappa shape index (κ3) is 6.33. The van der Waals surface area contributed by atoms with Crippen molar-refractivity contribution in [3.63, 3.8) is 0 Å². The van der Waals surface area contributed by atoms with Crippen molar-refractivity contribution in [1.82, 2.24) is 5.32 Å². The summed E-state index contributed by atoms with van der Waals surface area (Å²) < 4.78 is 4.96. The highest BCUT2D eigenvalue weighted by atomic mass is 16.6. The number of nitrogens with zero attached hydrogens (tertiary/aromatic N) is 1. The van der Waals surface area contributed by atoms with Crippen molar-refractivity contribution in [2.75, 3.05) is 13.2 Å². The molecule has 1 aromatic rings. The second kappa shape index (κ2) is 7.14. The SMILES string of the molecule is CC(C)(C)NC[C@@H](O)COC(=O)c1ccc([N+](=O)[O-])cc1. The van der Waals surface area contributed by atoms with Gasteiger partial charge in [0.1, 0.15) is 12.7 Å². The molecular formula is C14H20N2O5. The smallest absolute Gasteiger partial charge is 0.338 e. The Bertz CT molecular complexity index is 493. The van der Waals surface area contributed by atoms with Crippen molar-refractivity contribution in [1.29, 1.82) is 0 Å². The van der Waals surface area contributed by atoms with Crippen LogP contribution >= 0.6 is 0 Å². The quantitative estimate of drug-likeness (QED) is 0.468. The number of benzene rings is 1. The Kier molecular flexibility index (Phi) is 5.80. The first-order chi connectivity index (χ1) is 9.69. The summed E-state index contributed by atoms with van der Waals surface area (Å²) in [7, 11) is 0. The van der Waals surface area contributed by atoms with Gasteiger partial charge in [-0.3, -0.25) is 10.1 Å². The van der Waals surface area contributed by atoms with Gasteiger partial charge in [0, 0.05) is 24.2 Å². The molecule has 1 rings (SSSR count). The summed E-state index contributed by atoms with van der Waals surface area (Å²) in [6.45, 7) is 6.05. The van der Waals surface area contributed by atoms with Gasteiger partial charge >= 0.3 is 5.97 Å². The van der Waals surface area contributed by atoms with Gasteiger partial charge in [0.25, 0.3) is 5.69 Å². The fourth-order valence-electron chi connectivity index (χ4n) is 1.46. The van der Waals surface area contributed by atoms with E-state index in [1.54, 1.807) is 0 Å². The van der Waals surface area contributed by atoms with Crippen molar-refractivity contribution in [2.45, 2.75) is 32.4 Å². The molecule has 0 heterocycles. The lowest BCUT2D eigenvalue weighted by atomic mass is 10.1. The maximum atomic E-state index is 11.7. The van der Waals surface area contributed by atoms with E-state index in [4.69, 9.17) is 4.74 Å². The Hall–Kier alpha value is -1.99. The molecule has 0 radical (unpaired) electrons. The van der Waals surface area contributed by atoms with Crippen molar-refractivity contribution >= 4 is 11.7 Å². The van der Waals surface area contributed by atoms with E-state index in [0.717, 1.165) is 0 Å². The van der Waals surface area contributed by atoms with Crippen LogP contribution in [-0.2, 0) is 4.74 Å². The summed E-state index contributed by atoms with van der Waals surface area (Å²) in [4.78, 5) is 21.7. The molecule has 0 bridgehead atoms. The number of esters is 1.